The first-order valence-electron chi connectivity index (χ1n) is 5.41. The number of rotatable bonds is 5. The summed E-state index contributed by atoms with van der Waals surface area (Å²) in [6.45, 7) is 0.343. The molecule has 0 spiro atoms. The van der Waals surface area contributed by atoms with Gasteiger partial charge in [0.1, 0.15) is 5.70 Å². The molecular weight excluding hydrogens is 268 g/mol. The highest BCUT2D eigenvalue weighted by atomic mass is 35.5. The fourth-order valence-electron chi connectivity index (χ4n) is 1.42. The Bertz CT molecular complexity index is 527. The highest BCUT2D eigenvalue weighted by Crippen LogP contribution is 2.19. The van der Waals surface area contributed by atoms with Crippen LogP contribution in [-0.2, 0) is 20.9 Å². The van der Waals surface area contributed by atoms with Gasteiger partial charge in [-0.1, -0.05) is 17.7 Å². The number of ether oxygens (including phenoxy) is 2. The molecule has 0 aromatic heterocycles. The average Bonchev–Trinajstić information content (AvgIpc) is 2.40. The van der Waals surface area contributed by atoms with Crippen LogP contribution in [0.25, 0.3) is 0 Å². The lowest BCUT2D eigenvalue weighted by Gasteiger charge is -2.07. The summed E-state index contributed by atoms with van der Waals surface area (Å²) in [5.74, 6) is -0.671. The van der Waals surface area contributed by atoms with Crippen LogP contribution in [-0.4, -0.2) is 25.9 Å². The maximum absolute atomic E-state index is 11.1. The lowest BCUT2D eigenvalue weighted by atomic mass is 10.1. The Morgan fingerprint density at radius 1 is 1.47 bits per heavy atom. The second-order valence-corrected chi connectivity index (χ2v) is 4.15. The number of carbonyl (C=O) groups excluding carboxylic acids is 1. The summed E-state index contributed by atoms with van der Waals surface area (Å²) < 4.78 is 9.47. The molecule has 0 saturated heterocycles. The van der Waals surface area contributed by atoms with Crippen molar-refractivity contribution >= 4 is 23.3 Å². The van der Waals surface area contributed by atoms with Gasteiger partial charge in [0.2, 0.25) is 0 Å². The monoisotopic (exact) mass is 282 g/mol. The quantitative estimate of drug-likeness (QED) is 0.490. The summed E-state index contributed by atoms with van der Waals surface area (Å²) in [4.78, 5) is 11.1. The Kier molecular flexibility index (Phi) is 5.54. The zero-order valence-corrected chi connectivity index (χ0v) is 11.5. The van der Waals surface area contributed by atoms with Crippen molar-refractivity contribution < 1.29 is 14.3 Å². The van der Waals surface area contributed by atoms with Crippen molar-refractivity contribution in [3.05, 3.63) is 46.1 Å². The fourth-order valence-corrected chi connectivity index (χ4v) is 1.60. The van der Waals surface area contributed by atoms with E-state index in [0.717, 1.165) is 5.56 Å². The van der Waals surface area contributed by atoms with Crippen LogP contribution in [0.3, 0.4) is 0 Å². The second kappa shape index (κ2) is 6.92. The molecule has 0 saturated carbocycles. The molecule has 0 aliphatic carbocycles. The van der Waals surface area contributed by atoms with Crippen LogP contribution in [0.5, 0.6) is 0 Å². The highest BCUT2D eigenvalue weighted by molar-refractivity contribution is 6.31. The zero-order valence-electron chi connectivity index (χ0n) is 10.7. The van der Waals surface area contributed by atoms with Gasteiger partial charge in [-0.2, -0.15) is 0 Å². The standard InChI is InChI=1S/C13H15ClN2O3/c1-18-7-9-5-8(3-4-10(9)14)11(15)6-12(16)13(17)19-2/h3-6,15H,7,16H2,1-2H3. The van der Waals surface area contributed by atoms with Gasteiger partial charge in [0.25, 0.3) is 0 Å². The number of halogens is 1. The molecule has 102 valence electrons. The third-order valence-electron chi connectivity index (χ3n) is 2.38. The Hall–Kier alpha value is -1.85. The van der Waals surface area contributed by atoms with Crippen LogP contribution >= 0.6 is 11.6 Å². The van der Waals surface area contributed by atoms with E-state index < -0.39 is 5.97 Å². The van der Waals surface area contributed by atoms with Crippen molar-refractivity contribution in [2.45, 2.75) is 6.61 Å². The summed E-state index contributed by atoms with van der Waals surface area (Å²) in [6.07, 6.45) is 1.24. The van der Waals surface area contributed by atoms with Crippen LogP contribution < -0.4 is 5.73 Å². The molecule has 0 aliphatic heterocycles. The molecule has 1 aromatic carbocycles. The molecule has 0 fully saturated rings. The molecule has 1 aromatic rings. The summed E-state index contributed by atoms with van der Waals surface area (Å²) >= 11 is 5.99. The topological polar surface area (TPSA) is 85.4 Å². The van der Waals surface area contributed by atoms with Gasteiger partial charge in [-0.25, -0.2) is 4.79 Å². The van der Waals surface area contributed by atoms with Crippen LogP contribution in [0.15, 0.2) is 30.0 Å². The summed E-state index contributed by atoms with van der Waals surface area (Å²) in [7, 11) is 2.79. The van der Waals surface area contributed by atoms with E-state index in [4.69, 9.17) is 27.5 Å². The van der Waals surface area contributed by atoms with Crippen molar-refractivity contribution in [3.8, 4) is 0 Å². The van der Waals surface area contributed by atoms with Crippen molar-refractivity contribution in [1.29, 1.82) is 5.41 Å². The Labute approximate surface area is 116 Å². The molecule has 1 rings (SSSR count). The molecule has 6 heteroatoms. The molecule has 0 heterocycles. The molecule has 0 amide bonds. The predicted molar refractivity (Wildman–Crippen MR) is 73.3 cm³/mol. The van der Waals surface area contributed by atoms with Crippen LogP contribution in [0, 0.1) is 5.41 Å². The van der Waals surface area contributed by atoms with E-state index in [9.17, 15) is 4.79 Å². The zero-order chi connectivity index (χ0) is 14.4. The van der Waals surface area contributed by atoms with Gasteiger partial charge in [-0.3, -0.25) is 0 Å². The number of nitrogens with one attached hydrogen (secondary N) is 1. The van der Waals surface area contributed by atoms with Crippen molar-refractivity contribution in [3.63, 3.8) is 0 Å². The third-order valence-corrected chi connectivity index (χ3v) is 2.75. The first-order chi connectivity index (χ1) is 8.99. The largest absolute Gasteiger partial charge is 0.464 e. The molecule has 0 bridgehead atoms. The van der Waals surface area contributed by atoms with E-state index in [1.54, 1.807) is 25.3 Å². The minimum Gasteiger partial charge on any atom is -0.464 e. The minimum absolute atomic E-state index is 0.0944. The van der Waals surface area contributed by atoms with Gasteiger partial charge >= 0.3 is 5.97 Å². The van der Waals surface area contributed by atoms with E-state index in [0.29, 0.717) is 17.2 Å². The smallest absolute Gasteiger partial charge is 0.353 e. The molecular formula is C13H15ClN2O3. The number of hydrogen-bond donors (Lipinski definition) is 2. The van der Waals surface area contributed by atoms with Crippen LogP contribution in [0.1, 0.15) is 11.1 Å². The predicted octanol–water partition coefficient (Wildman–Crippen LogP) is 1.87. The number of esters is 1. The van der Waals surface area contributed by atoms with E-state index in [2.05, 4.69) is 4.74 Å². The minimum atomic E-state index is -0.671. The van der Waals surface area contributed by atoms with E-state index >= 15 is 0 Å². The van der Waals surface area contributed by atoms with Gasteiger partial charge < -0.3 is 20.6 Å². The Balaban J connectivity index is 3.00. The Morgan fingerprint density at radius 3 is 2.74 bits per heavy atom. The SMILES string of the molecule is COCc1cc(C(=N)C=C(N)C(=O)OC)ccc1Cl. The number of hydrogen-bond acceptors (Lipinski definition) is 5. The third kappa shape index (κ3) is 4.08. The first-order valence-corrected chi connectivity index (χ1v) is 5.79. The van der Waals surface area contributed by atoms with E-state index in [-0.39, 0.29) is 11.4 Å². The normalized spacial score (nSPS) is 11.2. The van der Waals surface area contributed by atoms with Gasteiger partial charge in [0, 0.05) is 12.1 Å². The summed E-state index contributed by atoms with van der Waals surface area (Å²) in [5, 5.41) is 8.44. The molecule has 0 radical (unpaired) electrons. The van der Waals surface area contributed by atoms with Crippen LogP contribution in [0.4, 0.5) is 0 Å². The van der Waals surface area contributed by atoms with E-state index in [1.165, 1.54) is 13.2 Å². The Morgan fingerprint density at radius 2 is 2.16 bits per heavy atom. The molecule has 19 heavy (non-hydrogen) atoms. The summed E-state index contributed by atoms with van der Waals surface area (Å²) in [6, 6.07) is 5.06. The second-order valence-electron chi connectivity index (χ2n) is 3.74. The summed E-state index contributed by atoms with van der Waals surface area (Å²) in [5.41, 5.74) is 6.80. The first kappa shape index (κ1) is 15.2. The lowest BCUT2D eigenvalue weighted by Crippen LogP contribution is -2.14. The number of benzene rings is 1. The van der Waals surface area contributed by atoms with Crippen molar-refractivity contribution in [2.75, 3.05) is 14.2 Å². The van der Waals surface area contributed by atoms with Gasteiger partial charge in [0.15, 0.2) is 0 Å². The maximum atomic E-state index is 11.1. The van der Waals surface area contributed by atoms with E-state index in [1.807, 2.05) is 0 Å². The fraction of sp³-hybridized carbons (Fsp3) is 0.231. The molecule has 0 atom stereocenters. The lowest BCUT2D eigenvalue weighted by molar-refractivity contribution is -0.136. The van der Waals surface area contributed by atoms with Gasteiger partial charge in [0.05, 0.1) is 19.4 Å². The van der Waals surface area contributed by atoms with Gasteiger partial charge in [-0.05, 0) is 29.3 Å². The molecule has 3 N–H and O–H groups in total. The number of methoxy groups -OCH3 is 2. The molecule has 0 unspecified atom stereocenters. The highest BCUT2D eigenvalue weighted by Gasteiger charge is 2.08. The molecule has 0 aliphatic rings. The number of nitrogens with two attached hydrogens (primary N) is 1. The number of carbonyl (C=O) groups is 1. The number of allylic oxidation sites excluding steroid dienone is 1. The van der Waals surface area contributed by atoms with Crippen molar-refractivity contribution in [1.82, 2.24) is 0 Å². The average molecular weight is 283 g/mol. The van der Waals surface area contributed by atoms with Gasteiger partial charge in [-0.15, -0.1) is 0 Å². The van der Waals surface area contributed by atoms with Crippen molar-refractivity contribution in [2.24, 2.45) is 5.73 Å². The maximum Gasteiger partial charge on any atom is 0.353 e. The molecule has 5 nitrogen and oxygen atoms in total. The van der Waals surface area contributed by atoms with Crippen LogP contribution in [0.2, 0.25) is 5.02 Å².